The predicted octanol–water partition coefficient (Wildman–Crippen LogP) is 4.66. The SMILES string of the molecule is Cc1nnc(-c2c(Cl)c3cc(F)ccc3n2-c2ccc(CN)cc2)o1.Cl. The van der Waals surface area contributed by atoms with Crippen molar-refractivity contribution in [3.63, 3.8) is 0 Å². The molecule has 0 fully saturated rings. The van der Waals surface area contributed by atoms with Crippen molar-refractivity contribution in [2.24, 2.45) is 5.73 Å². The summed E-state index contributed by atoms with van der Waals surface area (Å²) < 4.78 is 21.2. The normalized spacial score (nSPS) is 10.9. The van der Waals surface area contributed by atoms with Gasteiger partial charge in [-0.15, -0.1) is 22.6 Å². The maximum Gasteiger partial charge on any atom is 0.266 e. The third-order valence-electron chi connectivity index (χ3n) is 4.03. The third kappa shape index (κ3) is 2.96. The molecule has 0 spiro atoms. The van der Waals surface area contributed by atoms with Crippen LogP contribution in [0.1, 0.15) is 11.5 Å². The smallest absolute Gasteiger partial charge is 0.266 e. The van der Waals surface area contributed by atoms with Crippen LogP contribution in [0.15, 0.2) is 46.9 Å². The molecule has 0 saturated heterocycles. The minimum absolute atomic E-state index is 0. The maximum absolute atomic E-state index is 13.7. The Morgan fingerprint density at radius 2 is 1.88 bits per heavy atom. The summed E-state index contributed by atoms with van der Waals surface area (Å²) in [7, 11) is 0. The van der Waals surface area contributed by atoms with Crippen molar-refractivity contribution in [3.05, 3.63) is 64.8 Å². The van der Waals surface area contributed by atoms with Crippen molar-refractivity contribution in [2.75, 3.05) is 0 Å². The van der Waals surface area contributed by atoms with E-state index in [0.717, 1.165) is 16.8 Å². The van der Waals surface area contributed by atoms with Gasteiger partial charge in [-0.3, -0.25) is 0 Å². The standard InChI is InChI=1S/C18H14ClFN4O.ClH/c1-10-22-23-18(25-10)17-16(19)14-8-12(20)4-7-15(14)24(17)13-5-2-11(9-21)3-6-13;/h2-8H,9,21H2,1H3;1H. The molecular weight excluding hydrogens is 378 g/mol. The lowest BCUT2D eigenvalue weighted by molar-refractivity contribution is 0.530. The molecule has 134 valence electrons. The first-order valence-corrected chi connectivity index (χ1v) is 8.05. The van der Waals surface area contributed by atoms with Crippen LogP contribution in [0.5, 0.6) is 0 Å². The Balaban J connectivity index is 0.00000196. The molecule has 2 N–H and O–H groups in total. The fourth-order valence-corrected chi connectivity index (χ4v) is 3.17. The van der Waals surface area contributed by atoms with Gasteiger partial charge in [-0.05, 0) is 35.9 Å². The fraction of sp³-hybridized carbons (Fsp3) is 0.111. The third-order valence-corrected chi connectivity index (χ3v) is 4.41. The molecule has 0 bridgehead atoms. The van der Waals surface area contributed by atoms with Gasteiger partial charge in [-0.25, -0.2) is 4.39 Å². The van der Waals surface area contributed by atoms with E-state index in [2.05, 4.69) is 10.2 Å². The van der Waals surface area contributed by atoms with Gasteiger partial charge in [0.15, 0.2) is 0 Å². The maximum atomic E-state index is 13.7. The van der Waals surface area contributed by atoms with Crippen LogP contribution in [-0.2, 0) is 6.54 Å². The molecule has 0 unspecified atom stereocenters. The molecular formula is C18H15Cl2FN4O. The highest BCUT2D eigenvalue weighted by atomic mass is 35.5. The number of fused-ring (bicyclic) bond motifs is 1. The monoisotopic (exact) mass is 392 g/mol. The molecule has 4 rings (SSSR count). The second-order valence-electron chi connectivity index (χ2n) is 5.66. The number of aryl methyl sites for hydroxylation is 1. The molecule has 0 aliphatic heterocycles. The summed E-state index contributed by atoms with van der Waals surface area (Å²) in [4.78, 5) is 0. The summed E-state index contributed by atoms with van der Waals surface area (Å²) in [5, 5.41) is 8.89. The van der Waals surface area contributed by atoms with Gasteiger partial charge in [-0.1, -0.05) is 23.7 Å². The van der Waals surface area contributed by atoms with Gasteiger partial charge in [0.1, 0.15) is 11.5 Å². The van der Waals surface area contributed by atoms with Gasteiger partial charge in [0, 0.05) is 24.5 Å². The van der Waals surface area contributed by atoms with Crippen LogP contribution in [0.3, 0.4) is 0 Å². The molecule has 2 aromatic carbocycles. The number of rotatable bonds is 3. The highest BCUT2D eigenvalue weighted by Crippen LogP contribution is 2.39. The zero-order valence-electron chi connectivity index (χ0n) is 13.7. The van der Waals surface area contributed by atoms with Crippen LogP contribution >= 0.6 is 24.0 Å². The minimum atomic E-state index is -0.363. The van der Waals surface area contributed by atoms with Gasteiger partial charge >= 0.3 is 0 Å². The van der Waals surface area contributed by atoms with Crippen LogP contribution in [0.25, 0.3) is 28.2 Å². The highest BCUT2D eigenvalue weighted by molar-refractivity contribution is 6.38. The van der Waals surface area contributed by atoms with E-state index < -0.39 is 0 Å². The molecule has 2 aromatic heterocycles. The first-order valence-electron chi connectivity index (χ1n) is 7.68. The van der Waals surface area contributed by atoms with Crippen LogP contribution < -0.4 is 5.73 Å². The van der Waals surface area contributed by atoms with Crippen LogP contribution in [0, 0.1) is 12.7 Å². The second kappa shape index (κ2) is 7.07. The van der Waals surface area contributed by atoms with Crippen LogP contribution in [0.2, 0.25) is 5.02 Å². The summed E-state index contributed by atoms with van der Waals surface area (Å²) in [5.41, 5.74) is 8.80. The molecule has 4 aromatic rings. The van der Waals surface area contributed by atoms with Crippen LogP contribution in [0.4, 0.5) is 4.39 Å². The Morgan fingerprint density at radius 3 is 2.50 bits per heavy atom. The molecule has 0 amide bonds. The second-order valence-corrected chi connectivity index (χ2v) is 6.03. The van der Waals surface area contributed by atoms with E-state index in [1.807, 2.05) is 28.8 Å². The first-order chi connectivity index (χ1) is 12.1. The molecule has 0 radical (unpaired) electrons. The number of nitrogens with two attached hydrogens (primary N) is 1. The average molecular weight is 393 g/mol. The molecule has 5 nitrogen and oxygen atoms in total. The van der Waals surface area contributed by atoms with Gasteiger partial charge in [-0.2, -0.15) is 0 Å². The number of hydrogen-bond acceptors (Lipinski definition) is 4. The zero-order chi connectivity index (χ0) is 17.6. The van der Waals surface area contributed by atoms with E-state index in [9.17, 15) is 4.39 Å². The van der Waals surface area contributed by atoms with Gasteiger partial charge in [0.25, 0.3) is 5.89 Å². The zero-order valence-corrected chi connectivity index (χ0v) is 15.3. The van der Waals surface area contributed by atoms with Gasteiger partial charge in [0.05, 0.1) is 10.5 Å². The molecule has 8 heteroatoms. The van der Waals surface area contributed by atoms with E-state index in [0.29, 0.717) is 28.5 Å². The summed E-state index contributed by atoms with van der Waals surface area (Å²) in [5.74, 6) is 0.341. The Bertz CT molecular complexity index is 1070. The summed E-state index contributed by atoms with van der Waals surface area (Å²) in [6, 6.07) is 12.2. The predicted molar refractivity (Wildman–Crippen MR) is 101 cm³/mol. The van der Waals surface area contributed by atoms with E-state index in [1.54, 1.807) is 13.0 Å². The van der Waals surface area contributed by atoms with Gasteiger partial charge in [0.2, 0.25) is 5.89 Å². The molecule has 0 aliphatic carbocycles. The summed E-state index contributed by atoms with van der Waals surface area (Å²) >= 11 is 6.55. The van der Waals surface area contributed by atoms with E-state index in [-0.39, 0.29) is 24.1 Å². The van der Waals surface area contributed by atoms with E-state index >= 15 is 0 Å². The minimum Gasteiger partial charge on any atom is -0.420 e. The Hall–Kier alpha value is -2.41. The lowest BCUT2D eigenvalue weighted by Gasteiger charge is -2.09. The largest absolute Gasteiger partial charge is 0.420 e. The Kier molecular flexibility index (Phi) is 5.00. The number of aromatic nitrogens is 3. The highest BCUT2D eigenvalue weighted by Gasteiger charge is 2.23. The number of nitrogens with zero attached hydrogens (tertiary/aromatic N) is 3. The first kappa shape index (κ1) is 18.4. The molecule has 26 heavy (non-hydrogen) atoms. The van der Waals surface area contributed by atoms with Crippen LogP contribution in [-0.4, -0.2) is 14.8 Å². The average Bonchev–Trinajstić information content (AvgIpc) is 3.16. The van der Waals surface area contributed by atoms with E-state index in [1.165, 1.54) is 12.1 Å². The summed E-state index contributed by atoms with van der Waals surface area (Å²) in [6.45, 7) is 2.15. The molecule has 0 atom stereocenters. The van der Waals surface area contributed by atoms with Crippen molar-refractivity contribution in [3.8, 4) is 17.3 Å². The van der Waals surface area contributed by atoms with Crippen molar-refractivity contribution in [1.82, 2.24) is 14.8 Å². The lowest BCUT2D eigenvalue weighted by atomic mass is 10.2. The quantitative estimate of drug-likeness (QED) is 0.550. The summed E-state index contributed by atoms with van der Waals surface area (Å²) in [6.07, 6.45) is 0. The Morgan fingerprint density at radius 1 is 1.15 bits per heavy atom. The molecule has 2 heterocycles. The van der Waals surface area contributed by atoms with Crippen molar-refractivity contribution < 1.29 is 8.81 Å². The van der Waals surface area contributed by atoms with E-state index in [4.69, 9.17) is 21.8 Å². The fourth-order valence-electron chi connectivity index (χ4n) is 2.86. The van der Waals surface area contributed by atoms with Gasteiger partial charge < -0.3 is 14.7 Å². The lowest BCUT2D eigenvalue weighted by Crippen LogP contribution is -2.00. The van der Waals surface area contributed by atoms with Crippen molar-refractivity contribution >= 4 is 34.9 Å². The Labute approximate surface area is 160 Å². The molecule has 0 saturated carbocycles. The topological polar surface area (TPSA) is 69.9 Å². The van der Waals surface area contributed by atoms with Crippen molar-refractivity contribution in [1.29, 1.82) is 0 Å². The number of benzene rings is 2. The number of halogens is 3. The van der Waals surface area contributed by atoms with Crippen molar-refractivity contribution in [2.45, 2.75) is 13.5 Å². The molecule has 0 aliphatic rings. The number of hydrogen-bond donors (Lipinski definition) is 1.